The summed E-state index contributed by atoms with van der Waals surface area (Å²) in [7, 11) is -4.25. The molecule has 1 aliphatic rings. The molecule has 140 valence electrons. The summed E-state index contributed by atoms with van der Waals surface area (Å²) in [5.41, 5.74) is 4.40. The normalized spacial score (nSPS) is 25.4. The minimum absolute atomic E-state index is 0.708. The lowest BCUT2D eigenvalue weighted by Gasteiger charge is -2.34. The van der Waals surface area contributed by atoms with Gasteiger partial charge in [-0.1, -0.05) is 65.0 Å². The van der Waals surface area contributed by atoms with Crippen LogP contribution in [0.5, 0.6) is 0 Å². The van der Waals surface area contributed by atoms with Gasteiger partial charge in [0.2, 0.25) is 0 Å². The molecule has 0 aromatic heterocycles. The van der Waals surface area contributed by atoms with E-state index in [2.05, 4.69) is 25.2 Å². The van der Waals surface area contributed by atoms with Gasteiger partial charge < -0.3 is 0 Å². The van der Waals surface area contributed by atoms with Crippen LogP contribution in [0.15, 0.2) is 58.2 Å². The summed E-state index contributed by atoms with van der Waals surface area (Å²) < 4.78 is 34.7. The molecule has 1 saturated carbocycles. The Labute approximate surface area is 153 Å². The Hall–Kier alpha value is -1.39. The number of hydrogen-bond donors (Lipinski definition) is 1. The largest absolute Gasteiger partial charge is 0.285 e. The summed E-state index contributed by atoms with van der Waals surface area (Å²) >= 11 is 0. The number of hydrogen-bond acceptors (Lipinski definition) is 2. The first-order valence-electron chi connectivity index (χ1n) is 9.35. The first-order chi connectivity index (χ1) is 11.9. The summed E-state index contributed by atoms with van der Waals surface area (Å²) in [5.74, 6) is 0. The van der Waals surface area contributed by atoms with Crippen LogP contribution in [0.2, 0.25) is 0 Å². The Balaban J connectivity index is 3.92. The molecule has 1 aliphatic carbocycles. The van der Waals surface area contributed by atoms with Crippen molar-refractivity contribution >= 4 is 10.1 Å². The maximum atomic E-state index is 12.3. The first-order valence-corrected chi connectivity index (χ1v) is 10.9. The summed E-state index contributed by atoms with van der Waals surface area (Å²) in [5, 5.41) is -1.00. The fraction of sp³-hybridized carbons (Fsp3) is 0.524. The third-order valence-corrected chi connectivity index (χ3v) is 5.24. The molecule has 4 heteroatoms. The van der Waals surface area contributed by atoms with Gasteiger partial charge in [0.25, 0.3) is 10.1 Å². The smallest absolute Gasteiger partial charge is 0.276 e. The molecule has 0 aromatic rings. The molecule has 25 heavy (non-hydrogen) atoms. The molecule has 1 fully saturated rings. The van der Waals surface area contributed by atoms with Gasteiger partial charge in [-0.2, -0.15) is 8.42 Å². The summed E-state index contributed by atoms with van der Waals surface area (Å²) in [6.07, 6.45) is 14.1. The zero-order chi connectivity index (χ0) is 19.0. The van der Waals surface area contributed by atoms with Crippen molar-refractivity contribution in [3.8, 4) is 0 Å². The lowest BCUT2D eigenvalue weighted by Crippen LogP contribution is -2.32. The first kappa shape index (κ1) is 21.7. The molecule has 1 rings (SSSR count). The minimum Gasteiger partial charge on any atom is -0.285 e. The van der Waals surface area contributed by atoms with Crippen molar-refractivity contribution in [2.75, 3.05) is 0 Å². The highest BCUT2D eigenvalue weighted by Crippen LogP contribution is 2.44. The van der Waals surface area contributed by atoms with Crippen molar-refractivity contribution < 1.29 is 13.0 Å². The highest BCUT2D eigenvalue weighted by atomic mass is 32.2. The van der Waals surface area contributed by atoms with Gasteiger partial charge in [-0.3, -0.25) is 4.55 Å². The Morgan fingerprint density at radius 3 is 1.28 bits per heavy atom. The maximum Gasteiger partial charge on any atom is 0.276 e. The van der Waals surface area contributed by atoms with Gasteiger partial charge >= 0.3 is 0 Å². The highest BCUT2D eigenvalue weighted by Gasteiger charge is 2.40. The predicted octanol–water partition coefficient (Wildman–Crippen LogP) is 5.94. The van der Waals surface area contributed by atoms with Crippen LogP contribution in [-0.4, -0.2) is 18.2 Å². The van der Waals surface area contributed by atoms with E-state index in [1.54, 1.807) is 0 Å². The van der Waals surface area contributed by atoms with Gasteiger partial charge in [0, 0.05) is 0 Å². The average molecular weight is 365 g/mol. The molecule has 0 radical (unpaired) electrons. The van der Waals surface area contributed by atoms with E-state index in [0.717, 1.165) is 36.0 Å². The monoisotopic (exact) mass is 364 g/mol. The zero-order valence-corrected chi connectivity index (χ0v) is 17.0. The average Bonchev–Trinajstić information content (AvgIpc) is 2.53. The van der Waals surface area contributed by atoms with Crippen molar-refractivity contribution in [1.29, 1.82) is 0 Å². The summed E-state index contributed by atoms with van der Waals surface area (Å²) in [4.78, 5) is 0. The minimum atomic E-state index is -4.25. The molecule has 0 spiro atoms. The van der Waals surface area contributed by atoms with Gasteiger partial charge in [-0.15, -0.1) is 0 Å². The number of allylic oxidation sites excluding steroid dienone is 8. The number of rotatable bonds is 6. The molecular formula is C21H32O3S. The van der Waals surface area contributed by atoms with Gasteiger partial charge in [0.15, 0.2) is 0 Å². The molecule has 0 unspecified atom stereocenters. The van der Waals surface area contributed by atoms with Crippen LogP contribution >= 0.6 is 0 Å². The van der Waals surface area contributed by atoms with E-state index in [-0.39, 0.29) is 0 Å². The summed E-state index contributed by atoms with van der Waals surface area (Å²) in [6.45, 7) is 10.1. The van der Waals surface area contributed by atoms with Crippen LogP contribution in [0.25, 0.3) is 0 Å². The van der Waals surface area contributed by atoms with Crippen molar-refractivity contribution in [2.24, 2.45) is 0 Å². The SMILES string of the molecule is CCC=C1C(=CCC)C(=CCC)C(S(=O)(=O)O)C(=CCC)C1=CCC. The van der Waals surface area contributed by atoms with E-state index < -0.39 is 15.4 Å². The van der Waals surface area contributed by atoms with E-state index in [4.69, 9.17) is 0 Å². The van der Waals surface area contributed by atoms with E-state index in [1.807, 2.05) is 39.8 Å². The molecule has 0 heterocycles. The molecular weight excluding hydrogens is 332 g/mol. The van der Waals surface area contributed by atoms with Crippen LogP contribution in [0.4, 0.5) is 0 Å². The third kappa shape index (κ3) is 5.05. The standard InChI is InChI=1S/C21H32O3S/c1-6-11-16-17(12-7-2)19(14-9-4)21(25(22,23)24)20(15-10-5)18(16)13-8-3/h11-15,21H,6-10H2,1-5H3,(H,22,23,24). The van der Waals surface area contributed by atoms with Crippen LogP contribution in [0.3, 0.4) is 0 Å². The van der Waals surface area contributed by atoms with Gasteiger partial charge in [0.05, 0.1) is 0 Å². The van der Waals surface area contributed by atoms with Crippen LogP contribution in [-0.2, 0) is 10.1 Å². The van der Waals surface area contributed by atoms with Gasteiger partial charge in [0.1, 0.15) is 5.25 Å². The van der Waals surface area contributed by atoms with E-state index in [9.17, 15) is 13.0 Å². The van der Waals surface area contributed by atoms with Crippen LogP contribution in [0.1, 0.15) is 66.7 Å². The third-order valence-electron chi connectivity index (χ3n) is 4.14. The Bertz CT molecular complexity index is 674. The fourth-order valence-electron chi connectivity index (χ4n) is 3.39. The van der Waals surface area contributed by atoms with Crippen molar-refractivity contribution in [1.82, 2.24) is 0 Å². The lowest BCUT2D eigenvalue weighted by atomic mass is 9.76. The Morgan fingerprint density at radius 1 is 0.680 bits per heavy atom. The van der Waals surface area contributed by atoms with E-state index in [1.165, 1.54) is 0 Å². The van der Waals surface area contributed by atoms with Gasteiger partial charge in [-0.05, 0) is 60.0 Å². The predicted molar refractivity (Wildman–Crippen MR) is 107 cm³/mol. The Kier molecular flexibility index (Phi) is 8.60. The highest BCUT2D eigenvalue weighted by molar-refractivity contribution is 7.86. The molecule has 0 atom stereocenters. The molecule has 1 N–H and O–H groups in total. The Morgan fingerprint density at radius 2 is 1.00 bits per heavy atom. The van der Waals surface area contributed by atoms with Crippen molar-refractivity contribution in [2.45, 2.75) is 72.0 Å². The molecule has 0 aliphatic heterocycles. The van der Waals surface area contributed by atoms with E-state index in [0.29, 0.717) is 24.0 Å². The molecule has 0 aromatic carbocycles. The zero-order valence-electron chi connectivity index (χ0n) is 16.2. The van der Waals surface area contributed by atoms with Crippen molar-refractivity contribution in [3.05, 3.63) is 58.2 Å². The second-order valence-corrected chi connectivity index (χ2v) is 7.61. The molecule has 3 nitrogen and oxygen atoms in total. The van der Waals surface area contributed by atoms with Crippen LogP contribution < -0.4 is 0 Å². The summed E-state index contributed by atoms with van der Waals surface area (Å²) in [6, 6.07) is 0. The van der Waals surface area contributed by atoms with Crippen LogP contribution in [0, 0.1) is 0 Å². The van der Waals surface area contributed by atoms with Gasteiger partial charge in [-0.25, -0.2) is 0 Å². The van der Waals surface area contributed by atoms with Crippen molar-refractivity contribution in [3.63, 3.8) is 0 Å². The second kappa shape index (κ2) is 9.93. The quantitative estimate of drug-likeness (QED) is 0.594. The fourth-order valence-corrected chi connectivity index (χ4v) is 4.48. The van der Waals surface area contributed by atoms with E-state index >= 15 is 0 Å². The molecule has 0 bridgehead atoms. The second-order valence-electron chi connectivity index (χ2n) is 6.11. The molecule has 0 saturated heterocycles. The maximum absolute atomic E-state index is 12.3. The lowest BCUT2D eigenvalue weighted by molar-refractivity contribution is 0.477. The molecule has 0 amide bonds. The topological polar surface area (TPSA) is 54.4 Å².